The van der Waals surface area contributed by atoms with Crippen LogP contribution in [0.2, 0.25) is 0 Å². The van der Waals surface area contributed by atoms with Crippen molar-refractivity contribution in [2.75, 3.05) is 0 Å². The molecule has 23 rings (SSSR count). The van der Waals surface area contributed by atoms with Crippen molar-refractivity contribution < 1.29 is 0 Å². The van der Waals surface area contributed by atoms with Crippen molar-refractivity contribution in [1.82, 2.24) is 19.1 Å². The molecule has 10 aliphatic rings. The first kappa shape index (κ1) is 52.4. The lowest BCUT2D eigenvalue weighted by Gasteiger charge is -2.57. The van der Waals surface area contributed by atoms with Gasteiger partial charge >= 0.3 is 0 Å². The molecule has 8 saturated carbocycles. The second-order valence-corrected chi connectivity index (χ2v) is 32.7. The summed E-state index contributed by atoms with van der Waals surface area (Å²) in [6.45, 7) is 14.3. The van der Waals surface area contributed by atoms with Gasteiger partial charge in [-0.2, -0.15) is 0 Å². The number of hydrogen-bond donors (Lipinski definition) is 0. The third-order valence-electron chi connectivity index (χ3n) is 25.6. The highest BCUT2D eigenvalue weighted by Crippen LogP contribution is 2.62. The molecule has 8 fully saturated rings. The Morgan fingerprint density at radius 2 is 0.945 bits per heavy atom. The molecule has 91 heavy (non-hydrogen) atoms. The van der Waals surface area contributed by atoms with Gasteiger partial charge in [0, 0.05) is 66.0 Å². The average Bonchev–Trinajstić information content (AvgIpc) is 1.54. The largest absolute Gasteiger partial charge is 0.310 e. The zero-order valence-corrected chi connectivity index (χ0v) is 53.5. The van der Waals surface area contributed by atoms with Gasteiger partial charge < -0.3 is 9.13 Å². The Morgan fingerprint density at radius 3 is 1.57 bits per heavy atom. The van der Waals surface area contributed by atoms with Gasteiger partial charge in [0.25, 0.3) is 6.71 Å². The minimum absolute atomic E-state index is 0.0274. The van der Waals surface area contributed by atoms with E-state index >= 15 is 0 Å². The van der Waals surface area contributed by atoms with Crippen LogP contribution in [0.15, 0.2) is 176 Å². The Bertz CT molecular complexity index is 5270. The van der Waals surface area contributed by atoms with Gasteiger partial charge in [-0.25, -0.2) is 9.97 Å². The van der Waals surface area contributed by atoms with Gasteiger partial charge in [-0.15, -0.1) is 0 Å². The summed E-state index contributed by atoms with van der Waals surface area (Å²) in [6.07, 6.45) is 17.4. The lowest BCUT2D eigenvalue weighted by atomic mass is 9.34. The van der Waals surface area contributed by atoms with E-state index in [9.17, 15) is 0 Å². The van der Waals surface area contributed by atoms with Gasteiger partial charge in [0.1, 0.15) is 6.33 Å². The van der Waals surface area contributed by atoms with E-state index < -0.39 is 0 Å². The van der Waals surface area contributed by atoms with Crippen molar-refractivity contribution >= 4 is 99.0 Å². The Labute approximate surface area is 534 Å². The number of para-hydroxylation sites is 1. The van der Waals surface area contributed by atoms with Gasteiger partial charge in [-0.1, -0.05) is 175 Å². The summed E-state index contributed by atoms with van der Waals surface area (Å²) in [6, 6.07) is 68.1. The molecule has 3 aromatic heterocycles. The Balaban J connectivity index is 0.867. The van der Waals surface area contributed by atoms with E-state index in [1.54, 1.807) is 11.1 Å². The first-order chi connectivity index (χ1) is 44.3. The van der Waals surface area contributed by atoms with E-state index in [1.165, 1.54) is 185 Å². The molecule has 5 heteroatoms. The minimum Gasteiger partial charge on any atom is -0.310 e. The number of hydrogen-bond acceptors (Lipinski definition) is 2. The molecule has 10 aromatic carbocycles. The SMILES string of the molecule is CC(C)(C)c1ccc2c(c1)c1cc(C(C)(C)C)cc3c1n2-c1cc(-c2c(-c4ccc(C5C6CC7CC(C6)CC5C7)cc4)ncnc2-c2ccc(C45CC6CC(CC(C6)C4)C5)cc2)cc2c1B3c1cccc3c4c5c6ccccc6c6ccccc6c5ccc4n-2c13. The quantitative estimate of drug-likeness (QED) is 0.127. The lowest BCUT2D eigenvalue weighted by Crippen LogP contribution is -2.59. The fourth-order valence-electron chi connectivity index (χ4n) is 22.4. The van der Waals surface area contributed by atoms with Gasteiger partial charge in [0.2, 0.25) is 0 Å². The molecule has 5 heterocycles. The van der Waals surface area contributed by atoms with Gasteiger partial charge in [0.05, 0.1) is 22.4 Å². The van der Waals surface area contributed by atoms with Crippen LogP contribution in [0, 0.1) is 41.4 Å². The van der Waals surface area contributed by atoms with E-state index in [4.69, 9.17) is 9.97 Å². The Hall–Kier alpha value is -8.28. The second kappa shape index (κ2) is 18.1. The summed E-state index contributed by atoms with van der Waals surface area (Å²) in [5.41, 5.74) is 24.3. The highest BCUT2D eigenvalue weighted by molar-refractivity contribution is 7.00. The van der Waals surface area contributed by atoms with E-state index in [0.717, 1.165) is 75.1 Å². The van der Waals surface area contributed by atoms with Crippen molar-refractivity contribution in [3.05, 3.63) is 198 Å². The van der Waals surface area contributed by atoms with Crippen molar-refractivity contribution in [3.8, 4) is 45.0 Å². The zero-order chi connectivity index (χ0) is 60.3. The van der Waals surface area contributed by atoms with Gasteiger partial charge in [-0.3, -0.25) is 0 Å². The fraction of sp³-hybridized carbons (Fsp3) is 0.326. The molecule has 0 atom stereocenters. The zero-order valence-electron chi connectivity index (χ0n) is 53.5. The smallest absolute Gasteiger partial charge is 0.252 e. The first-order valence-corrected chi connectivity index (χ1v) is 34.9. The molecule has 13 aromatic rings. The summed E-state index contributed by atoms with van der Waals surface area (Å²) in [7, 11) is 0. The summed E-state index contributed by atoms with van der Waals surface area (Å²) in [4.78, 5) is 11.1. The van der Waals surface area contributed by atoms with Crippen molar-refractivity contribution in [2.45, 2.75) is 134 Å². The van der Waals surface area contributed by atoms with E-state index in [-0.39, 0.29) is 17.5 Å². The summed E-state index contributed by atoms with van der Waals surface area (Å²) >= 11 is 0. The maximum absolute atomic E-state index is 5.53. The molecule has 0 radical (unpaired) electrons. The topological polar surface area (TPSA) is 35.6 Å². The van der Waals surface area contributed by atoms with Gasteiger partial charge in [0.15, 0.2) is 0 Å². The number of nitrogens with zero attached hydrogens (tertiary/aromatic N) is 4. The molecular formula is C86H77BN4. The lowest BCUT2D eigenvalue weighted by molar-refractivity contribution is -0.00518. The van der Waals surface area contributed by atoms with Crippen molar-refractivity contribution in [1.29, 1.82) is 0 Å². The average molecular weight is 1180 g/mol. The highest BCUT2D eigenvalue weighted by atomic mass is 15.0. The number of rotatable bonds is 5. The van der Waals surface area contributed by atoms with Crippen LogP contribution in [0.1, 0.15) is 140 Å². The van der Waals surface area contributed by atoms with Crippen LogP contribution < -0.4 is 16.4 Å². The molecule has 0 amide bonds. The van der Waals surface area contributed by atoms with Crippen LogP contribution in [-0.4, -0.2) is 25.8 Å². The van der Waals surface area contributed by atoms with Crippen LogP contribution in [0.25, 0.3) is 121 Å². The molecule has 0 N–H and O–H groups in total. The summed E-state index contributed by atoms with van der Waals surface area (Å²) < 4.78 is 5.41. The Morgan fingerprint density at radius 1 is 0.418 bits per heavy atom. The third-order valence-corrected chi connectivity index (χ3v) is 25.6. The summed E-state index contributed by atoms with van der Waals surface area (Å²) in [5, 5.41) is 13.1. The monoisotopic (exact) mass is 1180 g/mol. The molecule has 2 aliphatic heterocycles. The number of aromatic nitrogens is 4. The molecule has 8 aliphatic carbocycles. The van der Waals surface area contributed by atoms with Gasteiger partial charge in [-0.05, 0) is 242 Å². The number of fused-ring (bicyclic) bond motifs is 17. The number of benzene rings is 10. The molecule has 444 valence electrons. The Kier molecular flexibility index (Phi) is 10.4. The minimum atomic E-state index is -0.0899. The molecule has 0 spiro atoms. The normalized spacial score (nSPS) is 25.0. The second-order valence-electron chi connectivity index (χ2n) is 32.7. The third kappa shape index (κ3) is 7.19. The van der Waals surface area contributed by atoms with Crippen molar-refractivity contribution in [3.63, 3.8) is 0 Å². The van der Waals surface area contributed by atoms with Crippen LogP contribution in [0.3, 0.4) is 0 Å². The van der Waals surface area contributed by atoms with Crippen LogP contribution in [0.5, 0.6) is 0 Å². The predicted molar refractivity (Wildman–Crippen MR) is 381 cm³/mol. The highest BCUT2D eigenvalue weighted by Gasteiger charge is 2.52. The van der Waals surface area contributed by atoms with E-state index in [1.807, 2.05) is 6.33 Å². The summed E-state index contributed by atoms with van der Waals surface area (Å²) in [5.74, 6) is 6.85. The fourth-order valence-corrected chi connectivity index (χ4v) is 22.4. The molecule has 4 nitrogen and oxygen atoms in total. The van der Waals surface area contributed by atoms with Crippen LogP contribution in [-0.2, 0) is 16.2 Å². The maximum atomic E-state index is 5.53. The van der Waals surface area contributed by atoms with Crippen molar-refractivity contribution in [2.24, 2.45) is 41.4 Å². The van der Waals surface area contributed by atoms with E-state index in [2.05, 4.69) is 221 Å². The standard InChI is InChI=1S/C86H77BN4/c1-84(2,3)59-26-28-71-67(40-59)68-41-60(85(4,5)6)42-70-83(68)90(71)73-38-57(39-74-79(73)87(70)69-17-11-16-66-78-72(91(74)82(66)69)29-27-65-63-14-8-7-12-61(63)62-13-9-10-15-64(62)77(65)78)76-80(53-20-18-52(19-21-53)75-55-34-47-30-48(36-55)37-56(75)35-47)88-46-89-81(76)54-22-24-58(25-23-54)86-43-49-31-50(44-86)33-51(32-49)45-86/h7-29,38-42,46-51,55-56,75H,30-37,43-45H2,1-6H3. The molecule has 0 unspecified atom stereocenters. The maximum Gasteiger partial charge on any atom is 0.252 e. The van der Waals surface area contributed by atoms with Crippen LogP contribution >= 0.6 is 0 Å². The molecular weight excluding hydrogens is 1100 g/mol. The van der Waals surface area contributed by atoms with E-state index in [0.29, 0.717) is 11.3 Å². The molecule has 8 bridgehead atoms. The molecule has 0 saturated heterocycles. The first-order valence-electron chi connectivity index (χ1n) is 34.9. The predicted octanol–water partition coefficient (Wildman–Crippen LogP) is 19.9. The van der Waals surface area contributed by atoms with Crippen LogP contribution in [0.4, 0.5) is 0 Å².